The number of carbonyl (C=O) groups is 2. The van der Waals surface area contributed by atoms with Gasteiger partial charge in [-0.05, 0) is 36.4 Å². The lowest BCUT2D eigenvalue weighted by Crippen LogP contribution is -2.21. The number of urea groups is 1. The Morgan fingerprint density at radius 3 is 2.57 bits per heavy atom. The number of rotatable bonds is 7. The first-order valence-corrected chi connectivity index (χ1v) is 8.62. The van der Waals surface area contributed by atoms with E-state index in [-0.39, 0.29) is 23.6 Å². The van der Waals surface area contributed by atoms with E-state index < -0.39 is 24.5 Å². The largest absolute Gasteiger partial charge is 0.491 e. The van der Waals surface area contributed by atoms with Crippen LogP contribution >= 0.6 is 11.6 Å². The number of fused-ring (bicyclic) bond motifs is 1. The van der Waals surface area contributed by atoms with Crippen molar-refractivity contribution in [2.45, 2.75) is 6.10 Å². The number of anilines is 1. The van der Waals surface area contributed by atoms with Crippen LogP contribution in [0.1, 0.15) is 16.1 Å². The van der Waals surface area contributed by atoms with Gasteiger partial charge in [-0.15, -0.1) is 0 Å². The topological polar surface area (TPSA) is 135 Å². The number of ether oxygens (including phenoxy) is 1. The summed E-state index contributed by atoms with van der Waals surface area (Å²) in [5, 5.41) is 21.6. The van der Waals surface area contributed by atoms with Crippen molar-refractivity contribution in [2.75, 3.05) is 18.5 Å². The molecule has 0 saturated heterocycles. The van der Waals surface area contributed by atoms with Crippen LogP contribution in [0.25, 0.3) is 11.0 Å². The van der Waals surface area contributed by atoms with Crippen LogP contribution in [0.4, 0.5) is 10.5 Å². The molecule has 3 rings (SSSR count). The highest BCUT2D eigenvalue weighted by atomic mass is 35.5. The third kappa shape index (κ3) is 4.25. The number of furan rings is 1. The smallest absolute Gasteiger partial charge is 0.316 e. The molecule has 28 heavy (non-hydrogen) atoms. The summed E-state index contributed by atoms with van der Waals surface area (Å²) in [6.07, 6.45) is -1.03. The van der Waals surface area contributed by atoms with E-state index in [0.717, 1.165) is 0 Å². The molecule has 1 aromatic heterocycles. The van der Waals surface area contributed by atoms with Crippen LogP contribution in [0, 0.1) is 0 Å². The van der Waals surface area contributed by atoms with Crippen LogP contribution in [0.5, 0.6) is 5.75 Å². The average Bonchev–Trinajstić information content (AvgIpc) is 3.03. The lowest BCUT2D eigenvalue weighted by atomic mass is 10.1. The monoisotopic (exact) mass is 404 g/mol. The number of nitrogens with one attached hydrogen (secondary N) is 1. The zero-order valence-corrected chi connectivity index (χ0v) is 15.3. The van der Waals surface area contributed by atoms with E-state index in [1.807, 2.05) is 0 Å². The Balaban J connectivity index is 2.01. The second-order valence-corrected chi connectivity index (χ2v) is 6.37. The fourth-order valence-electron chi connectivity index (χ4n) is 2.55. The van der Waals surface area contributed by atoms with E-state index in [1.165, 1.54) is 18.2 Å². The molecule has 0 aliphatic rings. The molecule has 146 valence electrons. The quantitative estimate of drug-likeness (QED) is 0.447. The fourth-order valence-corrected chi connectivity index (χ4v) is 2.68. The number of carbonyl (C=O) groups excluding carboxylic acids is 2. The number of benzene rings is 2. The van der Waals surface area contributed by atoms with Crippen LogP contribution in [0.3, 0.4) is 0 Å². The number of hydrogen-bond acceptors (Lipinski definition) is 6. The first-order chi connectivity index (χ1) is 13.4. The number of aliphatic hydroxyl groups is 2. The van der Waals surface area contributed by atoms with Crippen LogP contribution in [0.2, 0.25) is 5.02 Å². The Morgan fingerprint density at radius 1 is 1.21 bits per heavy atom. The maximum atomic E-state index is 12.8. The molecule has 0 bridgehead atoms. The summed E-state index contributed by atoms with van der Waals surface area (Å²) in [5.74, 6) is -0.205. The summed E-state index contributed by atoms with van der Waals surface area (Å²) < 4.78 is 11.0. The van der Waals surface area contributed by atoms with E-state index in [4.69, 9.17) is 31.6 Å². The van der Waals surface area contributed by atoms with Crippen LogP contribution in [-0.2, 0) is 0 Å². The minimum absolute atomic E-state index is 0.0938. The van der Waals surface area contributed by atoms with Gasteiger partial charge in [-0.1, -0.05) is 11.6 Å². The SMILES string of the molecule is NC(=O)Nc1c(C(=O)c2ccc(Cl)cc2)oc2cc(OCC(O)CO)ccc12. The van der Waals surface area contributed by atoms with Gasteiger partial charge in [-0.2, -0.15) is 0 Å². The molecule has 0 saturated carbocycles. The maximum absolute atomic E-state index is 12.8. The van der Waals surface area contributed by atoms with Crippen molar-refractivity contribution in [3.8, 4) is 5.75 Å². The van der Waals surface area contributed by atoms with Crippen LogP contribution in [-0.4, -0.2) is 41.3 Å². The Kier molecular flexibility index (Phi) is 5.84. The minimum Gasteiger partial charge on any atom is -0.491 e. The van der Waals surface area contributed by atoms with Crippen molar-refractivity contribution < 1.29 is 29.0 Å². The molecule has 1 unspecified atom stereocenters. The number of ketones is 1. The molecule has 0 aliphatic heterocycles. The number of hydrogen-bond donors (Lipinski definition) is 4. The molecule has 1 atom stereocenters. The van der Waals surface area contributed by atoms with Crippen molar-refractivity contribution in [3.05, 3.63) is 58.8 Å². The summed E-state index contributed by atoms with van der Waals surface area (Å²) in [7, 11) is 0. The van der Waals surface area contributed by atoms with Crippen molar-refractivity contribution in [1.29, 1.82) is 0 Å². The fraction of sp³-hybridized carbons (Fsp3) is 0.158. The zero-order valence-electron chi connectivity index (χ0n) is 14.5. The first-order valence-electron chi connectivity index (χ1n) is 8.24. The van der Waals surface area contributed by atoms with Crippen LogP contribution in [0.15, 0.2) is 46.9 Å². The van der Waals surface area contributed by atoms with Gasteiger partial charge in [0.15, 0.2) is 5.76 Å². The van der Waals surface area contributed by atoms with Gasteiger partial charge < -0.3 is 30.4 Å². The van der Waals surface area contributed by atoms with Gasteiger partial charge in [0.05, 0.1) is 6.61 Å². The van der Waals surface area contributed by atoms with E-state index in [1.54, 1.807) is 24.3 Å². The summed E-state index contributed by atoms with van der Waals surface area (Å²) in [6, 6.07) is 10.0. The lowest BCUT2D eigenvalue weighted by molar-refractivity contribution is 0.0536. The highest BCUT2D eigenvalue weighted by molar-refractivity contribution is 6.30. The second-order valence-electron chi connectivity index (χ2n) is 5.94. The highest BCUT2D eigenvalue weighted by Crippen LogP contribution is 2.34. The van der Waals surface area contributed by atoms with Gasteiger partial charge in [-0.25, -0.2) is 4.79 Å². The average molecular weight is 405 g/mol. The van der Waals surface area contributed by atoms with Gasteiger partial charge in [0.2, 0.25) is 5.78 Å². The van der Waals surface area contributed by atoms with E-state index in [2.05, 4.69) is 5.32 Å². The molecule has 0 spiro atoms. The summed E-state index contributed by atoms with van der Waals surface area (Å²) in [5.41, 5.74) is 5.97. The Labute approximate surface area is 164 Å². The molecular weight excluding hydrogens is 388 g/mol. The summed E-state index contributed by atoms with van der Waals surface area (Å²) in [4.78, 5) is 24.3. The molecular formula is C19H17ClN2O6. The van der Waals surface area contributed by atoms with Gasteiger partial charge >= 0.3 is 6.03 Å². The maximum Gasteiger partial charge on any atom is 0.316 e. The standard InChI is InChI=1S/C19H17ClN2O6/c20-11-3-1-10(2-4-11)17(25)18-16(22-19(21)26)14-6-5-13(7-15(14)28-18)27-9-12(24)8-23/h1-7,12,23-24H,8-9H2,(H3,21,22,26). The second kappa shape index (κ2) is 8.30. The third-order valence-corrected chi connectivity index (χ3v) is 4.13. The highest BCUT2D eigenvalue weighted by Gasteiger charge is 2.23. The van der Waals surface area contributed by atoms with E-state index in [9.17, 15) is 14.7 Å². The van der Waals surface area contributed by atoms with Gasteiger partial charge in [0, 0.05) is 22.0 Å². The summed E-state index contributed by atoms with van der Waals surface area (Å²) in [6.45, 7) is -0.554. The zero-order chi connectivity index (χ0) is 20.3. The molecule has 9 heteroatoms. The molecule has 2 aromatic carbocycles. The third-order valence-electron chi connectivity index (χ3n) is 3.88. The number of halogens is 1. The van der Waals surface area contributed by atoms with Crippen molar-refractivity contribution >= 4 is 40.1 Å². The Bertz CT molecular complexity index is 1020. The molecule has 5 N–H and O–H groups in total. The number of primary amides is 1. The molecule has 2 amide bonds. The predicted molar refractivity (Wildman–Crippen MR) is 103 cm³/mol. The number of amides is 2. The van der Waals surface area contributed by atoms with Gasteiger partial charge in [0.1, 0.15) is 29.7 Å². The van der Waals surface area contributed by atoms with Gasteiger partial charge in [-0.3, -0.25) is 4.79 Å². The number of aliphatic hydroxyl groups excluding tert-OH is 2. The molecule has 1 heterocycles. The van der Waals surface area contributed by atoms with Crippen molar-refractivity contribution in [1.82, 2.24) is 0 Å². The van der Waals surface area contributed by atoms with E-state index >= 15 is 0 Å². The van der Waals surface area contributed by atoms with Crippen LogP contribution < -0.4 is 15.8 Å². The predicted octanol–water partition coefficient (Wildman–Crippen LogP) is 2.54. The van der Waals surface area contributed by atoms with Crippen molar-refractivity contribution in [2.24, 2.45) is 5.73 Å². The van der Waals surface area contributed by atoms with Crippen molar-refractivity contribution in [3.63, 3.8) is 0 Å². The van der Waals surface area contributed by atoms with E-state index in [0.29, 0.717) is 21.7 Å². The first kappa shape index (κ1) is 19.7. The molecule has 0 fully saturated rings. The minimum atomic E-state index is -1.03. The normalized spacial score (nSPS) is 12.0. The Hall–Kier alpha value is -3.07. The lowest BCUT2D eigenvalue weighted by Gasteiger charge is -2.09. The Morgan fingerprint density at radius 2 is 1.93 bits per heavy atom. The molecule has 0 radical (unpaired) electrons. The van der Waals surface area contributed by atoms with Gasteiger partial charge in [0.25, 0.3) is 0 Å². The molecule has 3 aromatic rings. The molecule has 8 nitrogen and oxygen atoms in total. The summed E-state index contributed by atoms with van der Waals surface area (Å²) >= 11 is 5.85. The number of nitrogens with two attached hydrogens (primary N) is 1. The molecule has 0 aliphatic carbocycles.